The van der Waals surface area contributed by atoms with Gasteiger partial charge in [0.2, 0.25) is 0 Å². The SMILES string of the molecule is CCN(CC(C)C(=O)OC)C(=O)c1nn(-c2ccccc2)c2c1CCCCC2. The minimum Gasteiger partial charge on any atom is -0.469 e. The molecule has 1 atom stereocenters. The molecule has 1 heterocycles. The monoisotopic (exact) mass is 383 g/mol. The summed E-state index contributed by atoms with van der Waals surface area (Å²) in [4.78, 5) is 26.9. The van der Waals surface area contributed by atoms with Gasteiger partial charge < -0.3 is 9.64 Å². The summed E-state index contributed by atoms with van der Waals surface area (Å²) >= 11 is 0. The summed E-state index contributed by atoms with van der Waals surface area (Å²) < 4.78 is 6.75. The molecule has 1 aliphatic carbocycles. The summed E-state index contributed by atoms with van der Waals surface area (Å²) in [6.07, 6.45) is 5.13. The number of esters is 1. The van der Waals surface area contributed by atoms with Gasteiger partial charge in [-0.05, 0) is 44.7 Å². The minimum absolute atomic E-state index is 0.105. The summed E-state index contributed by atoms with van der Waals surface area (Å²) in [7, 11) is 1.37. The smallest absolute Gasteiger partial charge is 0.310 e. The zero-order valence-electron chi connectivity index (χ0n) is 17.0. The van der Waals surface area contributed by atoms with Crippen LogP contribution in [0.4, 0.5) is 0 Å². The predicted molar refractivity (Wildman–Crippen MR) is 108 cm³/mol. The summed E-state index contributed by atoms with van der Waals surface area (Å²) in [5.41, 5.74) is 3.71. The third-order valence-electron chi connectivity index (χ3n) is 5.40. The Morgan fingerprint density at radius 1 is 1.18 bits per heavy atom. The number of hydrogen-bond donors (Lipinski definition) is 0. The maximum Gasteiger partial charge on any atom is 0.310 e. The molecule has 1 aromatic heterocycles. The summed E-state index contributed by atoms with van der Waals surface area (Å²) in [6, 6.07) is 9.98. The van der Waals surface area contributed by atoms with Gasteiger partial charge in [0, 0.05) is 24.3 Å². The Hall–Kier alpha value is -2.63. The van der Waals surface area contributed by atoms with Crippen molar-refractivity contribution < 1.29 is 14.3 Å². The Kier molecular flexibility index (Phi) is 6.49. The fourth-order valence-corrected chi connectivity index (χ4v) is 3.84. The highest BCUT2D eigenvalue weighted by molar-refractivity contribution is 5.94. The van der Waals surface area contributed by atoms with Gasteiger partial charge in [-0.1, -0.05) is 31.5 Å². The van der Waals surface area contributed by atoms with Crippen LogP contribution < -0.4 is 0 Å². The molecule has 0 saturated heterocycles. The average Bonchev–Trinajstić information content (AvgIpc) is 2.92. The van der Waals surface area contributed by atoms with Crippen LogP contribution in [0.25, 0.3) is 5.69 Å². The van der Waals surface area contributed by atoms with Crippen LogP contribution in [0.2, 0.25) is 0 Å². The normalized spacial score (nSPS) is 14.7. The molecule has 1 aliphatic rings. The fourth-order valence-electron chi connectivity index (χ4n) is 3.84. The number of hydrogen-bond acceptors (Lipinski definition) is 4. The van der Waals surface area contributed by atoms with E-state index in [0.29, 0.717) is 18.8 Å². The van der Waals surface area contributed by atoms with E-state index in [1.165, 1.54) is 7.11 Å². The molecule has 0 aliphatic heterocycles. The van der Waals surface area contributed by atoms with Crippen LogP contribution in [0.15, 0.2) is 30.3 Å². The Labute approximate surface area is 166 Å². The first-order chi connectivity index (χ1) is 13.6. The number of fused-ring (bicyclic) bond motifs is 1. The quantitative estimate of drug-likeness (QED) is 0.566. The third-order valence-corrected chi connectivity index (χ3v) is 5.40. The van der Waals surface area contributed by atoms with Crippen molar-refractivity contribution in [2.24, 2.45) is 5.92 Å². The lowest BCUT2D eigenvalue weighted by atomic mass is 10.1. The fraction of sp³-hybridized carbons (Fsp3) is 0.500. The van der Waals surface area contributed by atoms with Crippen molar-refractivity contribution in [3.8, 4) is 5.69 Å². The number of amides is 1. The van der Waals surface area contributed by atoms with Gasteiger partial charge in [0.15, 0.2) is 5.69 Å². The molecule has 2 aromatic rings. The first-order valence-electron chi connectivity index (χ1n) is 10.1. The summed E-state index contributed by atoms with van der Waals surface area (Å²) in [6.45, 7) is 4.56. The molecule has 0 radical (unpaired) electrons. The van der Waals surface area contributed by atoms with Crippen molar-refractivity contribution in [3.63, 3.8) is 0 Å². The van der Waals surface area contributed by atoms with Crippen molar-refractivity contribution in [3.05, 3.63) is 47.3 Å². The topological polar surface area (TPSA) is 64.4 Å². The van der Waals surface area contributed by atoms with Crippen LogP contribution in [-0.4, -0.2) is 46.8 Å². The molecule has 0 saturated carbocycles. The molecule has 0 fully saturated rings. The molecule has 3 rings (SSSR count). The Balaban J connectivity index is 1.97. The van der Waals surface area contributed by atoms with Gasteiger partial charge in [0.25, 0.3) is 5.91 Å². The number of methoxy groups -OCH3 is 1. The lowest BCUT2D eigenvalue weighted by Crippen LogP contribution is -2.37. The first kappa shape index (κ1) is 20.1. The summed E-state index contributed by atoms with van der Waals surface area (Å²) in [5.74, 6) is -0.783. The first-order valence-corrected chi connectivity index (χ1v) is 10.1. The van der Waals surface area contributed by atoms with E-state index in [1.54, 1.807) is 11.8 Å². The average molecular weight is 383 g/mol. The van der Waals surface area contributed by atoms with Gasteiger partial charge in [-0.15, -0.1) is 0 Å². The number of rotatable bonds is 6. The minimum atomic E-state index is -0.372. The predicted octanol–water partition coefficient (Wildman–Crippen LogP) is 3.41. The van der Waals surface area contributed by atoms with Gasteiger partial charge in [0.05, 0.1) is 18.7 Å². The number of carbonyl (C=O) groups excluding carboxylic acids is 2. The molecule has 1 aromatic carbocycles. The molecule has 28 heavy (non-hydrogen) atoms. The van der Waals surface area contributed by atoms with Crippen molar-refractivity contribution >= 4 is 11.9 Å². The molecule has 0 N–H and O–H groups in total. The number of aromatic nitrogens is 2. The maximum absolute atomic E-state index is 13.3. The largest absolute Gasteiger partial charge is 0.469 e. The van der Waals surface area contributed by atoms with Gasteiger partial charge >= 0.3 is 5.97 Å². The third kappa shape index (κ3) is 4.11. The van der Waals surface area contributed by atoms with Crippen molar-refractivity contribution in [2.45, 2.75) is 46.0 Å². The molecule has 0 spiro atoms. The Bertz CT molecular complexity index is 829. The Morgan fingerprint density at radius 3 is 2.57 bits per heavy atom. The number of benzene rings is 1. The molecule has 1 unspecified atom stereocenters. The highest BCUT2D eigenvalue weighted by Crippen LogP contribution is 2.27. The standard InChI is InChI=1S/C22H29N3O3/c1-4-24(15-16(2)22(27)28-3)21(26)20-18-13-9-6-10-14-19(18)25(23-20)17-11-7-5-8-12-17/h5,7-8,11-12,16H,4,6,9-10,13-15H2,1-3H3. The van der Waals surface area contributed by atoms with Crippen LogP contribution in [0, 0.1) is 5.92 Å². The molecule has 150 valence electrons. The second-order valence-electron chi connectivity index (χ2n) is 7.35. The van der Waals surface area contributed by atoms with E-state index in [9.17, 15) is 9.59 Å². The lowest BCUT2D eigenvalue weighted by Gasteiger charge is -2.23. The van der Waals surface area contributed by atoms with E-state index in [1.807, 2.05) is 41.9 Å². The van der Waals surface area contributed by atoms with E-state index in [-0.39, 0.29) is 17.8 Å². The molecule has 1 amide bonds. The van der Waals surface area contributed by atoms with Gasteiger partial charge in [-0.3, -0.25) is 9.59 Å². The number of nitrogens with zero attached hydrogens (tertiary/aromatic N) is 3. The molecule has 0 bridgehead atoms. The highest BCUT2D eigenvalue weighted by Gasteiger charge is 2.29. The van der Waals surface area contributed by atoms with Gasteiger partial charge in [0.1, 0.15) is 0 Å². The van der Waals surface area contributed by atoms with Gasteiger partial charge in [-0.2, -0.15) is 5.10 Å². The van der Waals surface area contributed by atoms with Crippen LogP contribution in [-0.2, 0) is 22.4 Å². The Morgan fingerprint density at radius 2 is 1.89 bits per heavy atom. The number of carbonyl (C=O) groups is 2. The second kappa shape index (κ2) is 9.04. The van der Waals surface area contributed by atoms with Crippen LogP contribution in [0.5, 0.6) is 0 Å². The lowest BCUT2D eigenvalue weighted by molar-refractivity contribution is -0.145. The van der Waals surface area contributed by atoms with E-state index < -0.39 is 0 Å². The maximum atomic E-state index is 13.3. The van der Waals surface area contributed by atoms with E-state index in [4.69, 9.17) is 9.84 Å². The van der Waals surface area contributed by atoms with Crippen molar-refractivity contribution in [1.82, 2.24) is 14.7 Å². The zero-order valence-corrected chi connectivity index (χ0v) is 17.0. The summed E-state index contributed by atoms with van der Waals surface area (Å²) in [5, 5.41) is 4.75. The van der Waals surface area contributed by atoms with E-state index in [0.717, 1.165) is 49.0 Å². The molecular weight excluding hydrogens is 354 g/mol. The molecule has 6 heteroatoms. The van der Waals surface area contributed by atoms with Crippen molar-refractivity contribution in [1.29, 1.82) is 0 Å². The van der Waals surface area contributed by atoms with Crippen LogP contribution in [0.3, 0.4) is 0 Å². The van der Waals surface area contributed by atoms with Crippen LogP contribution in [0.1, 0.15) is 54.9 Å². The van der Waals surface area contributed by atoms with Crippen molar-refractivity contribution in [2.75, 3.05) is 20.2 Å². The zero-order chi connectivity index (χ0) is 20.1. The highest BCUT2D eigenvalue weighted by atomic mass is 16.5. The van der Waals surface area contributed by atoms with Crippen LogP contribution >= 0.6 is 0 Å². The molecular formula is C22H29N3O3. The molecule has 6 nitrogen and oxygen atoms in total. The number of para-hydroxylation sites is 1. The number of ether oxygens (including phenoxy) is 1. The van der Waals surface area contributed by atoms with E-state index in [2.05, 4.69) is 0 Å². The van der Waals surface area contributed by atoms with Gasteiger partial charge in [-0.25, -0.2) is 4.68 Å². The second-order valence-corrected chi connectivity index (χ2v) is 7.35. The van der Waals surface area contributed by atoms with E-state index >= 15 is 0 Å².